The van der Waals surface area contributed by atoms with E-state index in [2.05, 4.69) is 0 Å². The molecular weight excluding hydrogens is 160 g/mol. The second-order valence-corrected chi connectivity index (χ2v) is 2.77. The number of hydrogen-bond acceptors (Lipinski definition) is 2. The third-order valence-corrected chi connectivity index (χ3v) is 1.63. The van der Waals surface area contributed by atoms with Gasteiger partial charge in [0, 0.05) is 4.91 Å². The number of rotatable bonds is 3. The summed E-state index contributed by atoms with van der Waals surface area (Å²) in [6, 6.07) is 0. The minimum atomic E-state index is -2.13. The minimum Gasteiger partial charge on any atom is -0.768 e. The van der Waals surface area contributed by atoms with Crippen molar-refractivity contribution < 1.29 is 8.76 Å². The van der Waals surface area contributed by atoms with Crippen LogP contribution in [0.2, 0.25) is 0 Å². The molecule has 0 N–H and O–H groups in total. The highest BCUT2D eigenvalue weighted by molar-refractivity contribution is 7.83. The fourth-order valence-electron chi connectivity index (χ4n) is 0.522. The Morgan fingerprint density at radius 1 is 1.36 bits per heavy atom. The largest absolute Gasteiger partial charge is 0.768 e. The number of hydrogen-bond donors (Lipinski definition) is 0. The van der Waals surface area contributed by atoms with Gasteiger partial charge in [-0.25, -0.2) is 0 Å². The molecule has 0 heterocycles. The Bertz CT molecular complexity index is 214. The van der Waals surface area contributed by atoms with Crippen molar-refractivity contribution in [2.75, 3.05) is 0 Å². The Hall–Kier alpha value is -0.670. The molecule has 0 fully saturated rings. The van der Waals surface area contributed by atoms with Crippen molar-refractivity contribution in [2.45, 2.75) is 13.8 Å². The van der Waals surface area contributed by atoms with E-state index in [9.17, 15) is 8.76 Å². The van der Waals surface area contributed by atoms with Gasteiger partial charge in [-0.3, -0.25) is 4.21 Å². The van der Waals surface area contributed by atoms with Crippen LogP contribution in [0, 0.1) is 0 Å². The Kier molecular flexibility index (Phi) is 5.70. The second kappa shape index (κ2) is 6.07. The summed E-state index contributed by atoms with van der Waals surface area (Å²) in [5, 5.41) is 0. The van der Waals surface area contributed by atoms with Crippen molar-refractivity contribution in [1.82, 2.24) is 0 Å². The van der Waals surface area contributed by atoms with E-state index in [0.29, 0.717) is 4.91 Å². The summed E-state index contributed by atoms with van der Waals surface area (Å²) in [4.78, 5) is 0.297. The average molecular weight is 171 g/mol. The monoisotopic (exact) mass is 171 g/mol. The lowest BCUT2D eigenvalue weighted by Crippen LogP contribution is -1.88. The summed E-state index contributed by atoms with van der Waals surface area (Å²) < 4.78 is 20.9. The van der Waals surface area contributed by atoms with Crippen molar-refractivity contribution >= 4 is 11.1 Å². The Balaban J connectivity index is 4.45. The zero-order chi connectivity index (χ0) is 8.69. The van der Waals surface area contributed by atoms with Gasteiger partial charge in [-0.2, -0.15) is 0 Å². The molecule has 1 atom stereocenters. The Labute approximate surface area is 69.6 Å². The zero-order valence-electron chi connectivity index (χ0n) is 6.61. The van der Waals surface area contributed by atoms with Crippen molar-refractivity contribution in [3.8, 4) is 0 Å². The van der Waals surface area contributed by atoms with Crippen LogP contribution < -0.4 is 0 Å². The molecule has 0 aromatic carbocycles. The van der Waals surface area contributed by atoms with E-state index in [0.717, 1.165) is 0 Å². The van der Waals surface area contributed by atoms with Crippen LogP contribution in [0.25, 0.3) is 0 Å². The van der Waals surface area contributed by atoms with E-state index in [1.807, 2.05) is 6.92 Å². The summed E-state index contributed by atoms with van der Waals surface area (Å²) in [5.74, 6) is 0. The quantitative estimate of drug-likeness (QED) is 0.480. The first-order valence-electron chi connectivity index (χ1n) is 3.27. The summed E-state index contributed by atoms with van der Waals surface area (Å²) in [6.07, 6.45) is 8.23. The Morgan fingerprint density at radius 2 is 2.00 bits per heavy atom. The summed E-state index contributed by atoms with van der Waals surface area (Å²) in [5.41, 5.74) is 0. The van der Waals surface area contributed by atoms with Gasteiger partial charge < -0.3 is 4.55 Å². The number of allylic oxidation sites excluding steroid dienone is 5. The van der Waals surface area contributed by atoms with Crippen LogP contribution in [0.4, 0.5) is 0 Å². The van der Waals surface area contributed by atoms with Gasteiger partial charge in [0.05, 0.1) is 0 Å². The molecule has 3 heteroatoms. The SMILES string of the molecule is C\C=C/C=C(\C=C/C)S(=O)[O-]. The van der Waals surface area contributed by atoms with E-state index in [-0.39, 0.29) is 0 Å². The molecule has 0 saturated heterocycles. The van der Waals surface area contributed by atoms with E-state index >= 15 is 0 Å². The van der Waals surface area contributed by atoms with Crippen LogP contribution in [0.15, 0.2) is 35.3 Å². The molecule has 0 aliphatic heterocycles. The Morgan fingerprint density at radius 3 is 2.36 bits per heavy atom. The molecule has 62 valence electrons. The van der Waals surface area contributed by atoms with E-state index < -0.39 is 11.1 Å². The molecule has 1 unspecified atom stereocenters. The lowest BCUT2D eigenvalue weighted by atomic mass is 10.4. The van der Waals surface area contributed by atoms with Gasteiger partial charge in [0.1, 0.15) is 0 Å². The van der Waals surface area contributed by atoms with Gasteiger partial charge in [0.15, 0.2) is 0 Å². The van der Waals surface area contributed by atoms with Crippen LogP contribution in [0.5, 0.6) is 0 Å². The molecule has 0 amide bonds. The van der Waals surface area contributed by atoms with E-state index in [1.165, 1.54) is 0 Å². The van der Waals surface area contributed by atoms with Gasteiger partial charge in [-0.1, -0.05) is 24.3 Å². The predicted octanol–water partition coefficient (Wildman–Crippen LogP) is 1.90. The van der Waals surface area contributed by atoms with Gasteiger partial charge in [-0.15, -0.1) is 0 Å². The lowest BCUT2D eigenvalue weighted by molar-refractivity contribution is 0.544. The van der Waals surface area contributed by atoms with Crippen molar-refractivity contribution in [3.05, 3.63) is 35.3 Å². The molecule has 0 bridgehead atoms. The summed E-state index contributed by atoms with van der Waals surface area (Å²) >= 11 is -2.13. The third kappa shape index (κ3) is 4.70. The van der Waals surface area contributed by atoms with Crippen LogP contribution in [0.1, 0.15) is 13.8 Å². The van der Waals surface area contributed by atoms with Crippen LogP contribution in [0.3, 0.4) is 0 Å². The molecule has 0 aliphatic rings. The maximum Gasteiger partial charge on any atom is 0.0245 e. The fraction of sp³-hybridized carbons (Fsp3) is 0.250. The molecule has 0 radical (unpaired) electrons. The zero-order valence-corrected chi connectivity index (χ0v) is 7.43. The topological polar surface area (TPSA) is 40.1 Å². The van der Waals surface area contributed by atoms with Gasteiger partial charge in [0.2, 0.25) is 0 Å². The third-order valence-electron chi connectivity index (χ3n) is 0.976. The van der Waals surface area contributed by atoms with Crippen molar-refractivity contribution in [2.24, 2.45) is 0 Å². The molecule has 0 aliphatic carbocycles. The molecular formula is C8H11O2S-. The summed E-state index contributed by atoms with van der Waals surface area (Å²) in [6.45, 7) is 3.61. The van der Waals surface area contributed by atoms with Gasteiger partial charge in [-0.05, 0) is 31.0 Å². The normalized spacial score (nSPS) is 16.5. The first-order chi connectivity index (χ1) is 5.22. The molecule has 0 aromatic rings. The minimum absolute atomic E-state index is 0.297. The van der Waals surface area contributed by atoms with Crippen LogP contribution in [-0.2, 0) is 11.1 Å². The van der Waals surface area contributed by atoms with Crippen LogP contribution >= 0.6 is 0 Å². The first kappa shape index (κ1) is 10.3. The van der Waals surface area contributed by atoms with Crippen molar-refractivity contribution in [3.63, 3.8) is 0 Å². The molecule has 11 heavy (non-hydrogen) atoms. The van der Waals surface area contributed by atoms with E-state index in [1.54, 1.807) is 37.3 Å². The standard InChI is InChI=1S/C8H12O2S/c1-3-5-7-8(6-4-2)11(9)10/h3-7H,1-2H3,(H,9,10)/p-1/b5-3-,6-4-,8-7+. The van der Waals surface area contributed by atoms with Crippen LogP contribution in [-0.4, -0.2) is 8.76 Å². The van der Waals surface area contributed by atoms with Gasteiger partial charge in [0.25, 0.3) is 0 Å². The second-order valence-electron chi connectivity index (χ2n) is 1.83. The predicted molar refractivity (Wildman–Crippen MR) is 46.6 cm³/mol. The maximum absolute atomic E-state index is 10.4. The summed E-state index contributed by atoms with van der Waals surface area (Å²) in [7, 11) is 0. The van der Waals surface area contributed by atoms with E-state index in [4.69, 9.17) is 0 Å². The van der Waals surface area contributed by atoms with Gasteiger partial charge >= 0.3 is 0 Å². The highest BCUT2D eigenvalue weighted by Gasteiger charge is 1.86. The van der Waals surface area contributed by atoms with Crippen molar-refractivity contribution in [1.29, 1.82) is 0 Å². The molecule has 0 aromatic heterocycles. The molecule has 0 spiro atoms. The smallest absolute Gasteiger partial charge is 0.0245 e. The molecule has 0 rings (SSSR count). The lowest BCUT2D eigenvalue weighted by Gasteiger charge is -2.03. The first-order valence-corrected chi connectivity index (χ1v) is 4.34. The highest BCUT2D eigenvalue weighted by atomic mass is 32.2. The highest BCUT2D eigenvalue weighted by Crippen LogP contribution is 2.01. The molecule has 0 saturated carbocycles. The molecule has 2 nitrogen and oxygen atoms in total. The average Bonchev–Trinajstić information content (AvgIpc) is 1.97. The fourth-order valence-corrected chi connectivity index (χ4v) is 0.959. The maximum atomic E-state index is 10.4.